The topological polar surface area (TPSA) is 85.6 Å². The summed E-state index contributed by atoms with van der Waals surface area (Å²) in [5.41, 5.74) is 8.78. The minimum atomic E-state index is -0.764. The van der Waals surface area contributed by atoms with Gasteiger partial charge in [-0.1, -0.05) is 18.9 Å². The molecule has 4 N–H and O–H groups in total. The lowest BCUT2D eigenvalue weighted by atomic mass is 10.00. The number of hydrogen-bond acceptors (Lipinski definition) is 4. The van der Waals surface area contributed by atoms with Crippen LogP contribution < -0.4 is 5.73 Å². The van der Waals surface area contributed by atoms with E-state index in [1.165, 1.54) is 25.7 Å². The molecule has 4 rings (SSSR count). The van der Waals surface area contributed by atoms with Gasteiger partial charge in [0.25, 0.3) is 0 Å². The number of rotatable bonds is 6. The van der Waals surface area contributed by atoms with Gasteiger partial charge in [-0.3, -0.25) is 14.6 Å². The van der Waals surface area contributed by atoms with E-state index in [4.69, 9.17) is 5.73 Å². The summed E-state index contributed by atoms with van der Waals surface area (Å²) in [5.74, 6) is -0.764. The van der Waals surface area contributed by atoms with Crippen LogP contribution in [0.3, 0.4) is 0 Å². The quantitative estimate of drug-likeness (QED) is 0.686. The second-order valence-corrected chi connectivity index (χ2v) is 7.91. The number of carboxylic acids is 1. The largest absolute Gasteiger partial charge is 0.480 e. The Labute approximate surface area is 172 Å². The van der Waals surface area contributed by atoms with Gasteiger partial charge in [0.05, 0.1) is 0 Å². The van der Waals surface area contributed by atoms with Gasteiger partial charge < -0.3 is 15.8 Å². The van der Waals surface area contributed by atoms with Crippen LogP contribution in [0.1, 0.15) is 42.9 Å². The van der Waals surface area contributed by atoms with E-state index >= 15 is 0 Å². The summed E-state index contributed by atoms with van der Waals surface area (Å²) in [5, 5.41) is 11.1. The number of aromatic nitrogens is 1. The third-order valence-corrected chi connectivity index (χ3v) is 6.31. The summed E-state index contributed by atoms with van der Waals surface area (Å²) in [4.78, 5) is 20.1. The highest BCUT2D eigenvalue weighted by Gasteiger charge is 2.33. The zero-order valence-corrected chi connectivity index (χ0v) is 17.1. The molecule has 2 heterocycles. The van der Waals surface area contributed by atoms with E-state index in [1.54, 1.807) is 0 Å². The molecule has 1 unspecified atom stereocenters. The van der Waals surface area contributed by atoms with E-state index in [1.807, 2.05) is 24.4 Å². The Morgan fingerprint density at radius 3 is 2.57 bits per heavy atom. The van der Waals surface area contributed by atoms with Gasteiger partial charge in [0.15, 0.2) is 0 Å². The molecule has 0 radical (unpaired) electrons. The monoisotopic (exact) mass is 406 g/mol. The van der Waals surface area contributed by atoms with Crippen molar-refractivity contribution in [1.29, 1.82) is 0 Å². The number of carbonyl (C=O) groups is 1. The number of nitrogens with one attached hydrogen (secondary N) is 1. The minimum Gasteiger partial charge on any atom is -0.480 e. The molecule has 154 valence electrons. The molecule has 0 spiro atoms. The smallest absolute Gasteiger partial charge is 0.325 e. The Balaban J connectivity index is 0.00000225. The number of piperazine rings is 1. The van der Waals surface area contributed by atoms with E-state index < -0.39 is 12.0 Å². The first kappa shape index (κ1) is 21.1. The van der Waals surface area contributed by atoms with Crippen LogP contribution in [0.15, 0.2) is 24.4 Å². The molecule has 1 saturated heterocycles. The summed E-state index contributed by atoms with van der Waals surface area (Å²) < 4.78 is 0. The van der Waals surface area contributed by atoms with Gasteiger partial charge in [-0.2, -0.15) is 0 Å². The number of fused-ring (bicyclic) bond motifs is 1. The van der Waals surface area contributed by atoms with Gasteiger partial charge >= 0.3 is 5.97 Å². The Hall–Kier alpha value is -1.60. The lowest BCUT2D eigenvalue weighted by Crippen LogP contribution is -2.51. The van der Waals surface area contributed by atoms with Crippen LogP contribution in [-0.2, 0) is 11.2 Å². The number of benzene rings is 1. The van der Waals surface area contributed by atoms with Crippen LogP contribution in [0.5, 0.6) is 0 Å². The highest BCUT2D eigenvalue weighted by Crippen LogP contribution is 2.30. The SMILES string of the molecule is Cl.NCCc1c[nH]c2ccc(C(C(=O)O)N3CCN(C4CCCC4)CC3)cc12. The van der Waals surface area contributed by atoms with E-state index in [2.05, 4.69) is 14.8 Å². The van der Waals surface area contributed by atoms with Gasteiger partial charge in [-0.25, -0.2) is 0 Å². The van der Waals surface area contributed by atoms with Crippen molar-refractivity contribution in [3.63, 3.8) is 0 Å². The van der Waals surface area contributed by atoms with Crippen LogP contribution >= 0.6 is 12.4 Å². The molecule has 6 nitrogen and oxygen atoms in total. The van der Waals surface area contributed by atoms with Crippen molar-refractivity contribution >= 4 is 29.3 Å². The number of aromatic amines is 1. The average molecular weight is 407 g/mol. The Morgan fingerprint density at radius 1 is 1.21 bits per heavy atom. The lowest BCUT2D eigenvalue weighted by Gasteiger charge is -2.40. The first-order chi connectivity index (χ1) is 13.2. The summed E-state index contributed by atoms with van der Waals surface area (Å²) in [6.07, 6.45) is 8.06. The summed E-state index contributed by atoms with van der Waals surface area (Å²) in [7, 11) is 0. The number of carboxylic acid groups (broad SMARTS) is 1. The number of halogens is 1. The number of aliphatic carboxylic acids is 1. The standard InChI is InChI=1S/C21H30N4O2.ClH/c22-8-7-16-14-23-19-6-5-15(13-18(16)19)20(21(26)27)25-11-9-24(10-12-25)17-3-1-2-4-17;/h5-6,13-14,17,20,23H,1-4,7-12,22H2,(H,26,27);1H. The second-order valence-electron chi connectivity index (χ2n) is 7.91. The summed E-state index contributed by atoms with van der Waals surface area (Å²) in [6.45, 7) is 4.16. The van der Waals surface area contributed by atoms with Crippen molar-refractivity contribution in [2.75, 3.05) is 32.7 Å². The second kappa shape index (κ2) is 9.27. The molecular weight excluding hydrogens is 376 g/mol. The average Bonchev–Trinajstić information content (AvgIpc) is 3.33. The van der Waals surface area contributed by atoms with E-state index in [0.29, 0.717) is 12.6 Å². The molecule has 0 bridgehead atoms. The molecule has 1 aliphatic heterocycles. The maximum absolute atomic E-state index is 12.1. The molecule has 1 aliphatic carbocycles. The molecule has 1 aromatic heterocycles. The normalized spacial score (nSPS) is 20.3. The van der Waals surface area contributed by atoms with E-state index in [-0.39, 0.29) is 12.4 Å². The first-order valence-electron chi connectivity index (χ1n) is 10.2. The first-order valence-corrected chi connectivity index (χ1v) is 10.2. The highest BCUT2D eigenvalue weighted by molar-refractivity contribution is 5.86. The molecule has 1 atom stereocenters. The van der Waals surface area contributed by atoms with Gasteiger partial charge in [-0.15, -0.1) is 12.4 Å². The number of nitrogens with zero attached hydrogens (tertiary/aromatic N) is 2. The summed E-state index contributed by atoms with van der Waals surface area (Å²) in [6, 6.07) is 6.12. The lowest BCUT2D eigenvalue weighted by molar-refractivity contribution is -0.144. The minimum absolute atomic E-state index is 0. The number of H-pyrrole nitrogens is 1. The fraction of sp³-hybridized carbons (Fsp3) is 0.571. The fourth-order valence-corrected chi connectivity index (χ4v) is 4.87. The molecule has 2 aliphatic rings. The predicted octanol–water partition coefficient (Wildman–Crippen LogP) is 2.78. The summed E-state index contributed by atoms with van der Waals surface area (Å²) >= 11 is 0. The fourth-order valence-electron chi connectivity index (χ4n) is 4.87. The maximum Gasteiger partial charge on any atom is 0.325 e. The Kier molecular flexibility index (Phi) is 6.99. The predicted molar refractivity (Wildman–Crippen MR) is 114 cm³/mol. The van der Waals surface area contributed by atoms with Crippen LogP contribution in [0.25, 0.3) is 10.9 Å². The van der Waals surface area contributed by atoms with Crippen molar-refractivity contribution in [3.05, 3.63) is 35.5 Å². The van der Waals surface area contributed by atoms with E-state index in [9.17, 15) is 9.90 Å². The van der Waals surface area contributed by atoms with Crippen molar-refractivity contribution in [2.45, 2.75) is 44.2 Å². The van der Waals surface area contributed by atoms with Gasteiger partial charge in [-0.05, 0) is 49.1 Å². The third kappa shape index (κ3) is 4.20. The number of hydrogen-bond donors (Lipinski definition) is 3. The van der Waals surface area contributed by atoms with Gasteiger partial charge in [0.1, 0.15) is 6.04 Å². The molecule has 2 aromatic rings. The maximum atomic E-state index is 12.1. The van der Waals surface area contributed by atoms with Crippen molar-refractivity contribution in [3.8, 4) is 0 Å². The van der Waals surface area contributed by atoms with Crippen LogP contribution in [0, 0.1) is 0 Å². The Bertz CT molecular complexity index is 795. The molecular formula is C21H31ClN4O2. The van der Waals surface area contributed by atoms with Crippen molar-refractivity contribution in [1.82, 2.24) is 14.8 Å². The van der Waals surface area contributed by atoms with Crippen LogP contribution in [-0.4, -0.2) is 64.6 Å². The molecule has 28 heavy (non-hydrogen) atoms. The zero-order valence-electron chi connectivity index (χ0n) is 16.3. The Morgan fingerprint density at radius 2 is 1.93 bits per heavy atom. The zero-order chi connectivity index (χ0) is 18.8. The van der Waals surface area contributed by atoms with Crippen molar-refractivity contribution in [2.24, 2.45) is 5.73 Å². The van der Waals surface area contributed by atoms with E-state index in [0.717, 1.165) is 54.6 Å². The van der Waals surface area contributed by atoms with Crippen LogP contribution in [0.2, 0.25) is 0 Å². The molecule has 2 fully saturated rings. The molecule has 7 heteroatoms. The van der Waals surface area contributed by atoms with Gasteiger partial charge in [0.2, 0.25) is 0 Å². The molecule has 0 amide bonds. The number of nitrogens with two attached hydrogens (primary N) is 1. The molecule has 1 saturated carbocycles. The molecule has 1 aromatic carbocycles. The third-order valence-electron chi connectivity index (χ3n) is 6.31. The van der Waals surface area contributed by atoms with Crippen LogP contribution in [0.4, 0.5) is 0 Å². The van der Waals surface area contributed by atoms with Crippen molar-refractivity contribution < 1.29 is 9.90 Å². The van der Waals surface area contributed by atoms with Gasteiger partial charge in [0, 0.05) is 49.3 Å². The highest BCUT2D eigenvalue weighted by atomic mass is 35.5.